The van der Waals surface area contributed by atoms with Gasteiger partial charge in [0.15, 0.2) is 0 Å². The highest BCUT2D eigenvalue weighted by Gasteiger charge is 2.23. The minimum Gasteiger partial charge on any atom is -0.396 e. The van der Waals surface area contributed by atoms with Crippen LogP contribution in [0, 0.1) is 6.92 Å². The van der Waals surface area contributed by atoms with Gasteiger partial charge in [-0.1, -0.05) is 0 Å². The average molecular weight is 264 g/mol. The third-order valence-electron chi connectivity index (χ3n) is 3.25. The van der Waals surface area contributed by atoms with E-state index in [1.54, 1.807) is 11.1 Å². The van der Waals surface area contributed by atoms with Crippen LogP contribution in [0.4, 0.5) is 11.5 Å². The van der Waals surface area contributed by atoms with E-state index in [0.29, 0.717) is 37.8 Å². The lowest BCUT2D eigenvalue weighted by Gasteiger charge is -2.29. The van der Waals surface area contributed by atoms with E-state index in [2.05, 4.69) is 10.3 Å². The molecule has 0 aromatic carbocycles. The molecule has 3 N–H and O–H groups in total. The first kappa shape index (κ1) is 13.6. The fraction of sp³-hybridized carbons (Fsp3) is 0.538. The summed E-state index contributed by atoms with van der Waals surface area (Å²) < 4.78 is 5.24. The summed E-state index contributed by atoms with van der Waals surface area (Å²) in [5.41, 5.74) is 7.47. The largest absolute Gasteiger partial charge is 0.396 e. The fourth-order valence-corrected chi connectivity index (χ4v) is 2.01. The number of carbonyl (C=O) groups is 1. The maximum Gasteiger partial charge on any atom is 0.244 e. The second kappa shape index (κ2) is 5.88. The summed E-state index contributed by atoms with van der Waals surface area (Å²) >= 11 is 0. The number of hydrogen-bond acceptors (Lipinski definition) is 5. The number of rotatable bonds is 3. The molecule has 0 spiro atoms. The van der Waals surface area contributed by atoms with Gasteiger partial charge >= 0.3 is 0 Å². The van der Waals surface area contributed by atoms with Crippen molar-refractivity contribution >= 4 is 17.4 Å². The van der Waals surface area contributed by atoms with E-state index >= 15 is 0 Å². The van der Waals surface area contributed by atoms with E-state index in [9.17, 15) is 4.79 Å². The molecule has 1 saturated heterocycles. The molecule has 0 bridgehead atoms. The van der Waals surface area contributed by atoms with Crippen molar-refractivity contribution in [2.24, 2.45) is 0 Å². The Kier molecular flexibility index (Phi) is 4.21. The number of carbonyl (C=O) groups excluding carboxylic acids is 1. The zero-order chi connectivity index (χ0) is 13.8. The molecule has 19 heavy (non-hydrogen) atoms. The second-order valence-corrected chi connectivity index (χ2v) is 4.69. The Morgan fingerprint density at radius 2 is 2.21 bits per heavy atom. The minimum atomic E-state index is -0.352. The van der Waals surface area contributed by atoms with Crippen molar-refractivity contribution in [3.05, 3.63) is 17.8 Å². The number of aryl methyl sites for hydroxylation is 1. The first-order valence-corrected chi connectivity index (χ1v) is 6.43. The Morgan fingerprint density at radius 1 is 1.53 bits per heavy atom. The highest BCUT2D eigenvalue weighted by atomic mass is 16.5. The number of nitrogens with two attached hydrogens (primary N) is 1. The van der Waals surface area contributed by atoms with Crippen molar-refractivity contribution < 1.29 is 9.53 Å². The molecular weight excluding hydrogens is 244 g/mol. The normalized spacial score (nSPS) is 17.1. The zero-order valence-electron chi connectivity index (χ0n) is 11.3. The molecule has 104 valence electrons. The van der Waals surface area contributed by atoms with E-state index in [4.69, 9.17) is 10.5 Å². The summed E-state index contributed by atoms with van der Waals surface area (Å²) in [7, 11) is 0. The molecule has 1 fully saturated rings. The average Bonchev–Trinajstić information content (AvgIpc) is 2.44. The predicted octanol–water partition coefficient (Wildman–Crippen LogP) is 0.631. The van der Waals surface area contributed by atoms with Crippen molar-refractivity contribution in [1.29, 1.82) is 0 Å². The van der Waals surface area contributed by atoms with Crippen LogP contribution in [0.25, 0.3) is 0 Å². The van der Waals surface area contributed by atoms with E-state index in [-0.39, 0.29) is 11.9 Å². The molecule has 1 aromatic rings. The SMILES string of the molecule is Cc1ccnc(NC(C)C(=O)N2CCOCC2)c1N. The van der Waals surface area contributed by atoms with Crippen LogP contribution in [-0.4, -0.2) is 48.1 Å². The lowest BCUT2D eigenvalue weighted by Crippen LogP contribution is -2.47. The smallest absolute Gasteiger partial charge is 0.244 e. The molecule has 1 unspecified atom stereocenters. The van der Waals surface area contributed by atoms with Gasteiger partial charge in [-0.2, -0.15) is 0 Å². The summed E-state index contributed by atoms with van der Waals surface area (Å²) in [6.07, 6.45) is 1.68. The zero-order valence-corrected chi connectivity index (χ0v) is 11.3. The number of nitrogens with one attached hydrogen (secondary N) is 1. The van der Waals surface area contributed by atoms with Gasteiger partial charge in [0.1, 0.15) is 11.9 Å². The number of pyridine rings is 1. The van der Waals surface area contributed by atoms with Gasteiger partial charge in [0.25, 0.3) is 0 Å². The lowest BCUT2D eigenvalue weighted by molar-refractivity contribution is -0.135. The third kappa shape index (κ3) is 3.14. The second-order valence-electron chi connectivity index (χ2n) is 4.69. The van der Waals surface area contributed by atoms with Crippen LogP contribution in [0.5, 0.6) is 0 Å². The van der Waals surface area contributed by atoms with E-state index in [1.165, 1.54) is 0 Å². The van der Waals surface area contributed by atoms with Crippen molar-refractivity contribution in [1.82, 2.24) is 9.88 Å². The summed E-state index contributed by atoms with van der Waals surface area (Å²) in [6, 6.07) is 1.49. The van der Waals surface area contributed by atoms with Crippen LogP contribution >= 0.6 is 0 Å². The Morgan fingerprint density at radius 3 is 2.89 bits per heavy atom. The van der Waals surface area contributed by atoms with Crippen LogP contribution in [0.15, 0.2) is 12.3 Å². The maximum atomic E-state index is 12.2. The Balaban J connectivity index is 2.01. The van der Waals surface area contributed by atoms with Crippen molar-refractivity contribution in [2.75, 3.05) is 37.4 Å². The molecule has 1 aliphatic heterocycles. The van der Waals surface area contributed by atoms with Crippen LogP contribution in [0.2, 0.25) is 0 Å². The van der Waals surface area contributed by atoms with Gasteiger partial charge in [-0.15, -0.1) is 0 Å². The Hall–Kier alpha value is -1.82. The van der Waals surface area contributed by atoms with Gasteiger partial charge in [0.2, 0.25) is 5.91 Å². The van der Waals surface area contributed by atoms with Gasteiger partial charge in [-0.05, 0) is 25.5 Å². The van der Waals surface area contributed by atoms with E-state index in [0.717, 1.165) is 5.56 Å². The monoisotopic (exact) mass is 264 g/mol. The molecule has 1 aliphatic rings. The summed E-state index contributed by atoms with van der Waals surface area (Å²) in [5.74, 6) is 0.611. The molecule has 2 rings (SSSR count). The highest BCUT2D eigenvalue weighted by Crippen LogP contribution is 2.19. The number of hydrogen-bond donors (Lipinski definition) is 2. The molecule has 1 atom stereocenters. The topological polar surface area (TPSA) is 80.5 Å². The first-order chi connectivity index (χ1) is 9.09. The quantitative estimate of drug-likeness (QED) is 0.837. The van der Waals surface area contributed by atoms with Gasteiger partial charge < -0.3 is 20.7 Å². The molecule has 1 aromatic heterocycles. The van der Waals surface area contributed by atoms with Gasteiger partial charge in [0.05, 0.1) is 18.9 Å². The number of aromatic nitrogens is 1. The van der Waals surface area contributed by atoms with E-state index in [1.807, 2.05) is 19.9 Å². The minimum absolute atomic E-state index is 0.0472. The summed E-state index contributed by atoms with van der Waals surface area (Å²) in [6.45, 7) is 6.22. The van der Waals surface area contributed by atoms with Gasteiger partial charge in [0, 0.05) is 19.3 Å². The van der Waals surface area contributed by atoms with Gasteiger partial charge in [-0.25, -0.2) is 4.98 Å². The van der Waals surface area contributed by atoms with Crippen LogP contribution in [0.3, 0.4) is 0 Å². The maximum absolute atomic E-state index is 12.2. The van der Waals surface area contributed by atoms with Crippen LogP contribution in [0.1, 0.15) is 12.5 Å². The lowest BCUT2D eigenvalue weighted by atomic mass is 10.2. The van der Waals surface area contributed by atoms with Crippen molar-refractivity contribution in [2.45, 2.75) is 19.9 Å². The Bertz CT molecular complexity index is 458. The molecular formula is C13H20N4O2. The fourth-order valence-electron chi connectivity index (χ4n) is 2.01. The number of anilines is 2. The number of nitrogen functional groups attached to an aromatic ring is 1. The first-order valence-electron chi connectivity index (χ1n) is 6.43. The predicted molar refractivity (Wildman–Crippen MR) is 73.9 cm³/mol. The van der Waals surface area contributed by atoms with Crippen LogP contribution < -0.4 is 11.1 Å². The molecule has 0 saturated carbocycles. The Labute approximate surface area is 112 Å². The summed E-state index contributed by atoms with van der Waals surface area (Å²) in [5, 5.41) is 3.08. The van der Waals surface area contributed by atoms with E-state index < -0.39 is 0 Å². The van der Waals surface area contributed by atoms with Gasteiger partial charge in [-0.3, -0.25) is 4.79 Å². The molecule has 1 amide bonds. The number of amides is 1. The molecule has 6 heteroatoms. The van der Waals surface area contributed by atoms with Crippen molar-refractivity contribution in [3.63, 3.8) is 0 Å². The highest BCUT2D eigenvalue weighted by molar-refractivity contribution is 5.85. The van der Waals surface area contributed by atoms with Crippen LogP contribution in [-0.2, 0) is 9.53 Å². The third-order valence-corrected chi connectivity index (χ3v) is 3.25. The van der Waals surface area contributed by atoms with Crippen molar-refractivity contribution in [3.8, 4) is 0 Å². The number of morpholine rings is 1. The standard InChI is InChI=1S/C13H20N4O2/c1-9-3-4-15-12(11(9)14)16-10(2)13(18)17-5-7-19-8-6-17/h3-4,10H,5-8,14H2,1-2H3,(H,15,16). The molecule has 0 aliphatic carbocycles. The number of ether oxygens (including phenoxy) is 1. The molecule has 6 nitrogen and oxygen atoms in total. The molecule has 2 heterocycles. The summed E-state index contributed by atoms with van der Waals surface area (Å²) in [4.78, 5) is 18.2. The molecule has 0 radical (unpaired) electrons. The number of nitrogens with zero attached hydrogens (tertiary/aromatic N) is 2.